The van der Waals surface area contributed by atoms with Gasteiger partial charge in [-0.3, -0.25) is 9.59 Å². The summed E-state index contributed by atoms with van der Waals surface area (Å²) in [6.07, 6.45) is -0.899. The predicted molar refractivity (Wildman–Crippen MR) is 92.5 cm³/mol. The Morgan fingerprint density at radius 2 is 1.83 bits per heavy atom. The Morgan fingerprint density at radius 3 is 2.46 bits per heavy atom. The van der Waals surface area contributed by atoms with Gasteiger partial charge in [-0.15, -0.1) is 11.8 Å². The van der Waals surface area contributed by atoms with Crippen LogP contribution in [-0.2, 0) is 14.3 Å². The van der Waals surface area contributed by atoms with Crippen molar-refractivity contribution < 1.29 is 14.3 Å². The molecule has 0 bridgehead atoms. The van der Waals surface area contributed by atoms with Gasteiger partial charge in [0.05, 0.1) is 17.4 Å². The zero-order valence-electron chi connectivity index (χ0n) is 13.1. The molecule has 122 valence electrons. The van der Waals surface area contributed by atoms with Crippen LogP contribution in [0.15, 0.2) is 59.5 Å². The number of ether oxygens (including phenoxy) is 1. The Morgan fingerprint density at radius 1 is 1.17 bits per heavy atom. The molecule has 0 aliphatic carbocycles. The number of thioether (sulfide) groups is 1. The number of anilines is 1. The normalized spacial score (nSPS) is 11.2. The molecule has 0 saturated heterocycles. The van der Waals surface area contributed by atoms with Gasteiger partial charge in [0.25, 0.3) is 5.91 Å². The molecular formula is C18H16N2O3S. The highest BCUT2D eigenvalue weighted by molar-refractivity contribution is 8.00. The first kappa shape index (κ1) is 17.6. The first-order valence-electron chi connectivity index (χ1n) is 7.27. The summed E-state index contributed by atoms with van der Waals surface area (Å²) >= 11 is 1.35. The van der Waals surface area contributed by atoms with E-state index in [-0.39, 0.29) is 5.75 Å². The molecule has 0 saturated carbocycles. The van der Waals surface area contributed by atoms with Gasteiger partial charge in [0.1, 0.15) is 0 Å². The Hall–Kier alpha value is -2.78. The topological polar surface area (TPSA) is 79.2 Å². The third-order valence-electron chi connectivity index (χ3n) is 3.06. The molecule has 0 heterocycles. The van der Waals surface area contributed by atoms with Gasteiger partial charge in [-0.05, 0) is 43.3 Å². The maximum absolute atomic E-state index is 12.0. The van der Waals surface area contributed by atoms with Crippen LogP contribution in [0.2, 0.25) is 0 Å². The number of carbonyl (C=O) groups excluding carboxylic acids is 2. The minimum absolute atomic E-state index is 0.137. The highest BCUT2D eigenvalue weighted by Crippen LogP contribution is 2.17. The van der Waals surface area contributed by atoms with Crippen molar-refractivity contribution in [1.82, 2.24) is 0 Å². The van der Waals surface area contributed by atoms with E-state index in [4.69, 9.17) is 10.00 Å². The van der Waals surface area contributed by atoms with E-state index in [1.165, 1.54) is 18.7 Å². The highest BCUT2D eigenvalue weighted by Gasteiger charge is 2.18. The molecule has 1 amide bonds. The van der Waals surface area contributed by atoms with E-state index in [0.717, 1.165) is 4.90 Å². The number of carbonyl (C=O) groups is 2. The second-order valence-corrected chi connectivity index (χ2v) is 5.96. The molecule has 0 unspecified atom stereocenters. The lowest BCUT2D eigenvalue weighted by atomic mass is 10.2. The standard InChI is InChI=1S/C18H16N2O3S/c1-13(18(22)20-15-9-7-14(11-19)8-10-15)23-17(21)12-24-16-5-3-2-4-6-16/h2-10,13H,12H2,1H3,(H,20,22)/t13-/m1/s1. The molecule has 0 aliphatic heterocycles. The van der Waals surface area contributed by atoms with Crippen LogP contribution in [0.5, 0.6) is 0 Å². The second kappa shape index (κ2) is 8.75. The molecular weight excluding hydrogens is 324 g/mol. The molecule has 24 heavy (non-hydrogen) atoms. The number of hydrogen-bond acceptors (Lipinski definition) is 5. The van der Waals surface area contributed by atoms with Gasteiger partial charge in [0.15, 0.2) is 6.10 Å². The number of rotatable bonds is 6. The van der Waals surface area contributed by atoms with E-state index in [0.29, 0.717) is 11.3 Å². The first-order chi connectivity index (χ1) is 11.6. The summed E-state index contributed by atoms with van der Waals surface area (Å²) in [4.78, 5) is 24.8. The average Bonchev–Trinajstić information content (AvgIpc) is 2.61. The number of benzene rings is 2. The Kier molecular flexibility index (Phi) is 6.41. The number of amides is 1. The van der Waals surface area contributed by atoms with E-state index in [1.54, 1.807) is 24.3 Å². The van der Waals surface area contributed by atoms with Crippen LogP contribution >= 0.6 is 11.8 Å². The summed E-state index contributed by atoms with van der Waals surface area (Å²) in [6.45, 7) is 1.52. The summed E-state index contributed by atoms with van der Waals surface area (Å²) < 4.78 is 5.13. The van der Waals surface area contributed by atoms with E-state index in [1.807, 2.05) is 36.4 Å². The molecule has 2 rings (SSSR count). The van der Waals surface area contributed by atoms with Crippen molar-refractivity contribution in [1.29, 1.82) is 5.26 Å². The fourth-order valence-corrected chi connectivity index (χ4v) is 2.52. The largest absolute Gasteiger partial charge is 0.452 e. The number of esters is 1. The Balaban J connectivity index is 1.80. The lowest BCUT2D eigenvalue weighted by molar-refractivity contribution is -0.150. The molecule has 0 fully saturated rings. The molecule has 2 aromatic rings. The number of nitriles is 1. The Bertz CT molecular complexity index is 739. The molecule has 2 aromatic carbocycles. The molecule has 0 radical (unpaired) electrons. The summed E-state index contributed by atoms with van der Waals surface area (Å²) in [5.41, 5.74) is 1.05. The van der Waals surface area contributed by atoms with Crippen LogP contribution in [0, 0.1) is 11.3 Å². The zero-order valence-corrected chi connectivity index (χ0v) is 13.9. The fraction of sp³-hybridized carbons (Fsp3) is 0.167. The summed E-state index contributed by atoms with van der Waals surface area (Å²) in [5.74, 6) is -0.734. The van der Waals surface area contributed by atoms with Crippen molar-refractivity contribution in [2.24, 2.45) is 0 Å². The van der Waals surface area contributed by atoms with Crippen molar-refractivity contribution in [3.05, 3.63) is 60.2 Å². The molecule has 0 aliphatic rings. The molecule has 1 atom stereocenters. The van der Waals surface area contributed by atoms with E-state index in [2.05, 4.69) is 5.32 Å². The average molecular weight is 340 g/mol. The monoisotopic (exact) mass is 340 g/mol. The lowest BCUT2D eigenvalue weighted by Gasteiger charge is -2.13. The molecule has 0 spiro atoms. The summed E-state index contributed by atoms with van der Waals surface area (Å²) in [6, 6.07) is 17.9. The molecule has 1 N–H and O–H groups in total. The third kappa shape index (κ3) is 5.45. The molecule has 6 heteroatoms. The van der Waals surface area contributed by atoms with Gasteiger partial charge >= 0.3 is 5.97 Å². The quantitative estimate of drug-likeness (QED) is 0.645. The van der Waals surface area contributed by atoms with E-state index < -0.39 is 18.0 Å². The van der Waals surface area contributed by atoms with Crippen LogP contribution in [0.1, 0.15) is 12.5 Å². The Labute approximate surface area is 144 Å². The van der Waals surface area contributed by atoms with Crippen LogP contribution in [-0.4, -0.2) is 23.7 Å². The minimum atomic E-state index is -0.899. The van der Waals surface area contributed by atoms with Gasteiger partial charge in [-0.25, -0.2) is 0 Å². The maximum Gasteiger partial charge on any atom is 0.317 e. The van der Waals surface area contributed by atoms with E-state index in [9.17, 15) is 9.59 Å². The SMILES string of the molecule is C[C@@H](OC(=O)CSc1ccccc1)C(=O)Nc1ccc(C#N)cc1. The first-order valence-corrected chi connectivity index (χ1v) is 8.25. The van der Waals surface area contributed by atoms with Gasteiger partial charge in [0, 0.05) is 10.6 Å². The number of nitrogens with zero attached hydrogens (tertiary/aromatic N) is 1. The lowest BCUT2D eigenvalue weighted by Crippen LogP contribution is -2.30. The summed E-state index contributed by atoms with van der Waals surface area (Å²) in [5, 5.41) is 11.4. The van der Waals surface area contributed by atoms with Crippen LogP contribution in [0.4, 0.5) is 5.69 Å². The number of hydrogen-bond donors (Lipinski definition) is 1. The fourth-order valence-electron chi connectivity index (χ4n) is 1.82. The van der Waals surface area contributed by atoms with Gasteiger partial charge in [-0.1, -0.05) is 18.2 Å². The maximum atomic E-state index is 12.0. The molecule has 5 nitrogen and oxygen atoms in total. The van der Waals surface area contributed by atoms with Gasteiger partial charge in [0.2, 0.25) is 0 Å². The smallest absolute Gasteiger partial charge is 0.317 e. The van der Waals surface area contributed by atoms with Gasteiger partial charge < -0.3 is 10.1 Å². The van der Waals surface area contributed by atoms with Gasteiger partial charge in [-0.2, -0.15) is 5.26 Å². The zero-order chi connectivity index (χ0) is 17.4. The van der Waals surface area contributed by atoms with Crippen LogP contribution in [0.3, 0.4) is 0 Å². The summed E-state index contributed by atoms with van der Waals surface area (Å²) in [7, 11) is 0. The van der Waals surface area contributed by atoms with Crippen molar-refractivity contribution in [2.45, 2.75) is 17.9 Å². The second-order valence-electron chi connectivity index (χ2n) is 4.91. The minimum Gasteiger partial charge on any atom is -0.452 e. The van der Waals surface area contributed by atoms with Crippen LogP contribution in [0.25, 0.3) is 0 Å². The van der Waals surface area contributed by atoms with E-state index >= 15 is 0 Å². The van der Waals surface area contributed by atoms with Crippen molar-refractivity contribution in [3.63, 3.8) is 0 Å². The predicted octanol–water partition coefficient (Wildman–Crippen LogP) is 3.22. The highest BCUT2D eigenvalue weighted by atomic mass is 32.2. The van der Waals surface area contributed by atoms with Crippen LogP contribution < -0.4 is 5.32 Å². The van der Waals surface area contributed by atoms with Crippen molar-refractivity contribution >= 4 is 29.3 Å². The van der Waals surface area contributed by atoms with Crippen molar-refractivity contribution in [3.8, 4) is 6.07 Å². The third-order valence-corrected chi connectivity index (χ3v) is 4.04. The number of nitrogens with one attached hydrogen (secondary N) is 1. The van der Waals surface area contributed by atoms with Crippen molar-refractivity contribution in [2.75, 3.05) is 11.1 Å². The molecule has 0 aromatic heterocycles.